The molecular formula is C14H17N3OS. The fourth-order valence-corrected chi connectivity index (χ4v) is 2.40. The Morgan fingerprint density at radius 3 is 2.53 bits per heavy atom. The summed E-state index contributed by atoms with van der Waals surface area (Å²) in [6.07, 6.45) is 1.89. The first-order chi connectivity index (χ1) is 9.06. The van der Waals surface area contributed by atoms with Gasteiger partial charge in [-0.05, 0) is 31.2 Å². The molecule has 2 rings (SSSR count). The minimum atomic E-state index is 0.0182. The number of anilines is 1. The second-order valence-electron chi connectivity index (χ2n) is 4.48. The summed E-state index contributed by atoms with van der Waals surface area (Å²) in [5, 5.41) is 4.39. The van der Waals surface area contributed by atoms with Crippen LogP contribution in [-0.4, -0.2) is 29.9 Å². The van der Waals surface area contributed by atoms with Gasteiger partial charge in [0.05, 0.1) is 11.6 Å². The zero-order chi connectivity index (χ0) is 13.8. The number of amides is 1. The minimum Gasteiger partial charge on any atom is -0.380 e. The lowest BCUT2D eigenvalue weighted by molar-refractivity contribution is 0.0827. The van der Waals surface area contributed by atoms with Gasteiger partial charge in [0.1, 0.15) is 0 Å². The van der Waals surface area contributed by atoms with Crippen LogP contribution in [0.3, 0.4) is 0 Å². The van der Waals surface area contributed by atoms with Gasteiger partial charge in [-0.1, -0.05) is 0 Å². The van der Waals surface area contributed by atoms with Crippen LogP contribution in [0.15, 0.2) is 30.5 Å². The molecule has 1 amide bonds. The minimum absolute atomic E-state index is 0.0182. The fraction of sp³-hybridized carbons (Fsp3) is 0.286. The zero-order valence-electron chi connectivity index (χ0n) is 11.3. The first kappa shape index (κ1) is 13.5. The van der Waals surface area contributed by atoms with Crippen molar-refractivity contribution in [2.24, 2.45) is 0 Å². The number of hydrogen-bond donors (Lipinski definition) is 1. The topological polar surface area (TPSA) is 45.2 Å². The van der Waals surface area contributed by atoms with E-state index >= 15 is 0 Å². The van der Waals surface area contributed by atoms with Gasteiger partial charge in [-0.3, -0.25) is 4.79 Å². The van der Waals surface area contributed by atoms with Gasteiger partial charge in [0.25, 0.3) is 5.91 Å². The Bertz CT molecular complexity index is 560. The average molecular weight is 275 g/mol. The van der Waals surface area contributed by atoms with Crippen molar-refractivity contribution < 1.29 is 4.79 Å². The van der Waals surface area contributed by atoms with Crippen molar-refractivity contribution >= 4 is 22.9 Å². The normalized spacial score (nSPS) is 10.3. The second kappa shape index (κ2) is 5.84. The summed E-state index contributed by atoms with van der Waals surface area (Å²) in [4.78, 5) is 18.7. The standard InChI is InChI=1S/C14H17N3OS/c1-10-15-8-13(19-10)9-16-12-6-4-11(5-7-12)14(18)17(2)3/h4-8,16H,9H2,1-3H3. The van der Waals surface area contributed by atoms with Crippen LogP contribution in [0.25, 0.3) is 0 Å². The Morgan fingerprint density at radius 1 is 1.32 bits per heavy atom. The average Bonchev–Trinajstić information content (AvgIpc) is 2.82. The Kier molecular flexibility index (Phi) is 4.16. The van der Waals surface area contributed by atoms with Crippen LogP contribution in [0, 0.1) is 6.92 Å². The van der Waals surface area contributed by atoms with Crippen LogP contribution in [0.5, 0.6) is 0 Å². The summed E-state index contributed by atoms with van der Waals surface area (Å²) in [5.41, 5.74) is 1.70. The SMILES string of the molecule is Cc1ncc(CNc2ccc(C(=O)N(C)C)cc2)s1. The monoisotopic (exact) mass is 275 g/mol. The Labute approximate surface area is 117 Å². The number of nitrogens with zero attached hydrogens (tertiary/aromatic N) is 2. The van der Waals surface area contributed by atoms with E-state index in [1.807, 2.05) is 37.4 Å². The molecule has 0 aliphatic heterocycles. The molecule has 0 spiro atoms. The third-order valence-corrected chi connectivity index (χ3v) is 3.59. The molecule has 0 saturated heterocycles. The highest BCUT2D eigenvalue weighted by molar-refractivity contribution is 7.11. The molecule has 0 radical (unpaired) electrons. The maximum absolute atomic E-state index is 11.7. The molecule has 4 nitrogen and oxygen atoms in total. The van der Waals surface area contributed by atoms with Crippen molar-refractivity contribution in [1.82, 2.24) is 9.88 Å². The van der Waals surface area contributed by atoms with Crippen LogP contribution in [0.2, 0.25) is 0 Å². The summed E-state index contributed by atoms with van der Waals surface area (Å²) < 4.78 is 0. The highest BCUT2D eigenvalue weighted by Gasteiger charge is 2.07. The lowest BCUT2D eigenvalue weighted by atomic mass is 10.2. The van der Waals surface area contributed by atoms with Crippen LogP contribution in [-0.2, 0) is 6.54 Å². The molecule has 0 fully saturated rings. The van der Waals surface area contributed by atoms with Gasteiger partial charge < -0.3 is 10.2 Å². The summed E-state index contributed by atoms with van der Waals surface area (Å²) in [6.45, 7) is 2.75. The van der Waals surface area contributed by atoms with Crippen LogP contribution in [0.1, 0.15) is 20.2 Å². The summed E-state index contributed by atoms with van der Waals surface area (Å²) >= 11 is 1.68. The lowest BCUT2D eigenvalue weighted by Crippen LogP contribution is -2.21. The number of carbonyl (C=O) groups is 1. The van der Waals surface area contributed by atoms with Crippen molar-refractivity contribution in [2.45, 2.75) is 13.5 Å². The molecule has 1 heterocycles. The Hall–Kier alpha value is -1.88. The third kappa shape index (κ3) is 3.54. The number of nitrogens with one attached hydrogen (secondary N) is 1. The Morgan fingerprint density at radius 2 is 2.00 bits per heavy atom. The predicted molar refractivity (Wildman–Crippen MR) is 78.6 cm³/mol. The third-order valence-electron chi connectivity index (χ3n) is 2.67. The van der Waals surface area contributed by atoms with E-state index in [0.717, 1.165) is 17.2 Å². The van der Waals surface area contributed by atoms with Gasteiger partial charge in [-0.25, -0.2) is 4.98 Å². The number of rotatable bonds is 4. The fourth-order valence-electron chi connectivity index (χ4n) is 1.67. The lowest BCUT2D eigenvalue weighted by Gasteiger charge is -2.11. The molecule has 5 heteroatoms. The molecule has 0 aliphatic rings. The molecule has 2 aromatic rings. The molecule has 0 saturated carbocycles. The molecule has 0 unspecified atom stereocenters. The van der Waals surface area contributed by atoms with Crippen LogP contribution in [0.4, 0.5) is 5.69 Å². The smallest absolute Gasteiger partial charge is 0.253 e. The largest absolute Gasteiger partial charge is 0.380 e. The molecule has 1 aromatic carbocycles. The quantitative estimate of drug-likeness (QED) is 0.933. The van der Waals surface area contributed by atoms with Crippen molar-refractivity contribution in [3.8, 4) is 0 Å². The molecule has 0 bridgehead atoms. The van der Waals surface area contributed by atoms with Gasteiger partial charge >= 0.3 is 0 Å². The number of benzene rings is 1. The van der Waals surface area contributed by atoms with Gasteiger partial charge in [-0.15, -0.1) is 11.3 Å². The van der Waals surface area contributed by atoms with E-state index in [0.29, 0.717) is 5.56 Å². The highest BCUT2D eigenvalue weighted by atomic mass is 32.1. The number of aromatic nitrogens is 1. The maximum atomic E-state index is 11.7. The van der Waals surface area contributed by atoms with Crippen LogP contribution < -0.4 is 5.32 Å². The molecule has 19 heavy (non-hydrogen) atoms. The van der Waals surface area contributed by atoms with Gasteiger partial charge in [-0.2, -0.15) is 0 Å². The predicted octanol–water partition coefficient (Wildman–Crippen LogP) is 2.77. The van der Waals surface area contributed by atoms with Crippen molar-refractivity contribution in [1.29, 1.82) is 0 Å². The Balaban J connectivity index is 1.97. The van der Waals surface area contributed by atoms with Gasteiger partial charge in [0.15, 0.2) is 0 Å². The first-order valence-corrected chi connectivity index (χ1v) is 6.85. The zero-order valence-corrected chi connectivity index (χ0v) is 12.1. The van der Waals surface area contributed by atoms with Crippen LogP contribution >= 0.6 is 11.3 Å². The molecule has 0 atom stereocenters. The molecule has 1 aromatic heterocycles. The molecule has 0 aliphatic carbocycles. The number of thiazole rings is 1. The molecule has 1 N–H and O–H groups in total. The van der Waals surface area contributed by atoms with Crippen molar-refractivity contribution in [3.63, 3.8) is 0 Å². The summed E-state index contributed by atoms with van der Waals surface area (Å²) in [5.74, 6) is 0.0182. The van der Waals surface area contributed by atoms with E-state index in [1.54, 1.807) is 30.3 Å². The summed E-state index contributed by atoms with van der Waals surface area (Å²) in [6, 6.07) is 7.51. The number of carbonyl (C=O) groups excluding carboxylic acids is 1. The maximum Gasteiger partial charge on any atom is 0.253 e. The second-order valence-corrected chi connectivity index (χ2v) is 5.80. The molecular weight excluding hydrogens is 258 g/mol. The van der Waals surface area contributed by atoms with E-state index in [-0.39, 0.29) is 5.91 Å². The van der Waals surface area contributed by atoms with Gasteiger partial charge in [0, 0.05) is 36.4 Å². The van der Waals surface area contributed by atoms with E-state index in [1.165, 1.54) is 4.88 Å². The van der Waals surface area contributed by atoms with Gasteiger partial charge in [0.2, 0.25) is 0 Å². The van der Waals surface area contributed by atoms with E-state index in [9.17, 15) is 4.79 Å². The van der Waals surface area contributed by atoms with Crippen molar-refractivity contribution in [3.05, 3.63) is 45.9 Å². The van der Waals surface area contributed by atoms with E-state index in [2.05, 4.69) is 10.3 Å². The van der Waals surface area contributed by atoms with Crippen molar-refractivity contribution in [2.75, 3.05) is 19.4 Å². The number of aryl methyl sites for hydroxylation is 1. The highest BCUT2D eigenvalue weighted by Crippen LogP contribution is 2.15. The van der Waals surface area contributed by atoms with E-state index in [4.69, 9.17) is 0 Å². The first-order valence-electron chi connectivity index (χ1n) is 6.03. The number of hydrogen-bond acceptors (Lipinski definition) is 4. The molecule has 100 valence electrons. The summed E-state index contributed by atoms with van der Waals surface area (Å²) in [7, 11) is 3.50. The van der Waals surface area contributed by atoms with E-state index < -0.39 is 0 Å².